The Labute approximate surface area is 153 Å². The first kappa shape index (κ1) is 19.8. The van der Waals surface area contributed by atoms with E-state index < -0.39 is 11.0 Å². The van der Waals surface area contributed by atoms with Gasteiger partial charge in [-0.3, -0.25) is 10.1 Å². The summed E-state index contributed by atoms with van der Waals surface area (Å²) in [6, 6.07) is 4.71. The minimum Gasteiger partial charge on any atom is -0.490 e. The number of hydrogen-bond acceptors (Lipinski definition) is 4. The lowest BCUT2D eigenvalue weighted by Crippen LogP contribution is -2.51. The average Bonchev–Trinajstić information content (AvgIpc) is 2.58. The molecule has 2 rings (SSSR count). The largest absolute Gasteiger partial charge is 0.490 e. The van der Waals surface area contributed by atoms with Gasteiger partial charge in [0, 0.05) is 18.7 Å². The molecule has 0 bridgehead atoms. The van der Waals surface area contributed by atoms with Gasteiger partial charge >= 0.3 is 11.8 Å². The molecule has 142 valence electrons. The first-order valence-electron chi connectivity index (χ1n) is 8.63. The van der Waals surface area contributed by atoms with E-state index in [0.29, 0.717) is 6.54 Å². The summed E-state index contributed by atoms with van der Waals surface area (Å²) < 4.78 is 5.09. The number of likely N-dealkylation sites (tertiary alicyclic amines) is 1. The van der Waals surface area contributed by atoms with Crippen molar-refractivity contribution in [2.24, 2.45) is 11.3 Å². The molecule has 1 saturated heterocycles. The van der Waals surface area contributed by atoms with Crippen molar-refractivity contribution in [3.8, 4) is 5.75 Å². The van der Waals surface area contributed by atoms with Gasteiger partial charge in [-0.25, -0.2) is 4.79 Å². The van der Waals surface area contributed by atoms with Gasteiger partial charge in [0.05, 0.1) is 12.0 Å². The summed E-state index contributed by atoms with van der Waals surface area (Å²) in [6.07, 6.45) is 4.65. The molecular formula is C19H26N2O5. The zero-order valence-electron chi connectivity index (χ0n) is 15.6. The smallest absolute Gasteiger partial charge is 0.407 e. The summed E-state index contributed by atoms with van der Waals surface area (Å²) in [5.41, 5.74) is 0.620. The maximum atomic E-state index is 11.5. The molecule has 0 saturated carbocycles. The Bertz CT molecular complexity index is 708. The van der Waals surface area contributed by atoms with E-state index >= 15 is 0 Å². The van der Waals surface area contributed by atoms with Crippen LogP contribution < -0.4 is 4.74 Å². The summed E-state index contributed by atoms with van der Waals surface area (Å²) in [5.74, 6) is 0.487. The second-order valence-electron chi connectivity index (χ2n) is 7.69. The second-order valence-corrected chi connectivity index (χ2v) is 7.69. The zero-order chi connectivity index (χ0) is 19.5. The van der Waals surface area contributed by atoms with Crippen LogP contribution in [0.5, 0.6) is 5.75 Å². The lowest BCUT2D eigenvalue weighted by Gasteiger charge is -2.44. The number of hydrogen-bond donors (Lipinski definition) is 1. The van der Waals surface area contributed by atoms with E-state index in [1.165, 1.54) is 13.2 Å². The minimum atomic E-state index is -0.868. The van der Waals surface area contributed by atoms with Gasteiger partial charge in [0.1, 0.15) is 0 Å². The van der Waals surface area contributed by atoms with Crippen LogP contribution in [-0.4, -0.2) is 40.7 Å². The number of allylic oxidation sites excluding steroid dienone is 1. The fraction of sp³-hybridized carbons (Fsp3) is 0.526. The summed E-state index contributed by atoms with van der Waals surface area (Å²) in [4.78, 5) is 23.5. The van der Waals surface area contributed by atoms with Crippen molar-refractivity contribution in [3.63, 3.8) is 0 Å². The lowest BCUT2D eigenvalue weighted by molar-refractivity contribution is -0.385. The number of ether oxygens (including phenoxy) is 1. The highest BCUT2D eigenvalue weighted by atomic mass is 16.6. The molecule has 2 atom stereocenters. The van der Waals surface area contributed by atoms with Crippen LogP contribution in [0.25, 0.3) is 6.08 Å². The van der Waals surface area contributed by atoms with E-state index in [-0.39, 0.29) is 28.8 Å². The average molecular weight is 362 g/mol. The van der Waals surface area contributed by atoms with Crippen LogP contribution in [0.4, 0.5) is 10.5 Å². The topological polar surface area (TPSA) is 92.9 Å². The third-order valence-corrected chi connectivity index (χ3v) is 4.85. The van der Waals surface area contributed by atoms with E-state index in [1.54, 1.807) is 17.0 Å². The Morgan fingerprint density at radius 3 is 2.65 bits per heavy atom. The number of carbonyl (C=O) groups is 1. The molecule has 7 nitrogen and oxygen atoms in total. The van der Waals surface area contributed by atoms with Crippen LogP contribution in [0, 0.1) is 21.4 Å². The van der Waals surface area contributed by atoms with Crippen molar-refractivity contribution in [1.82, 2.24) is 4.90 Å². The molecule has 1 aliphatic rings. The van der Waals surface area contributed by atoms with E-state index in [1.807, 2.05) is 6.08 Å². The van der Waals surface area contributed by atoms with Gasteiger partial charge in [-0.1, -0.05) is 32.9 Å². The summed E-state index contributed by atoms with van der Waals surface area (Å²) in [6.45, 7) is 6.68. The number of carboxylic acid groups (broad SMARTS) is 1. The van der Waals surface area contributed by atoms with Gasteiger partial charge in [-0.2, -0.15) is 0 Å². The number of nitrogens with zero attached hydrogens (tertiary/aromatic N) is 2. The number of amides is 1. The predicted molar refractivity (Wildman–Crippen MR) is 99.4 cm³/mol. The highest BCUT2D eigenvalue weighted by molar-refractivity contribution is 5.66. The highest BCUT2D eigenvalue weighted by Crippen LogP contribution is 2.35. The molecule has 7 heteroatoms. The van der Waals surface area contributed by atoms with E-state index in [0.717, 1.165) is 18.4 Å². The molecule has 0 radical (unpaired) electrons. The second kappa shape index (κ2) is 7.76. The monoisotopic (exact) mass is 362 g/mol. The van der Waals surface area contributed by atoms with Crippen LogP contribution in [0.1, 0.15) is 39.2 Å². The van der Waals surface area contributed by atoms with E-state index in [9.17, 15) is 20.0 Å². The Kier molecular flexibility index (Phi) is 5.90. The molecule has 26 heavy (non-hydrogen) atoms. The molecule has 1 aliphatic heterocycles. The molecule has 0 spiro atoms. The van der Waals surface area contributed by atoms with Crippen LogP contribution >= 0.6 is 0 Å². The molecule has 1 fully saturated rings. The maximum Gasteiger partial charge on any atom is 0.407 e. The molecular weight excluding hydrogens is 336 g/mol. The minimum absolute atomic E-state index is 0.0465. The van der Waals surface area contributed by atoms with E-state index in [2.05, 4.69) is 26.8 Å². The fourth-order valence-corrected chi connectivity index (χ4v) is 3.41. The third-order valence-electron chi connectivity index (χ3n) is 4.85. The standard InChI is InChI=1S/C19H26N2O5/c1-19(2,3)17-12-14(9-10-20(17)18(22)23)6-5-13-7-8-15(21(24)25)16(11-13)26-4/h5-8,11,14,17H,9-10,12H2,1-4H3,(H,22,23). The summed E-state index contributed by atoms with van der Waals surface area (Å²) >= 11 is 0. The van der Waals surface area contributed by atoms with Crippen LogP contribution in [-0.2, 0) is 0 Å². The van der Waals surface area contributed by atoms with Gasteiger partial charge in [-0.05, 0) is 41.9 Å². The maximum absolute atomic E-state index is 11.5. The predicted octanol–water partition coefficient (Wildman–Crippen LogP) is 4.42. The number of benzene rings is 1. The lowest BCUT2D eigenvalue weighted by atomic mass is 9.77. The Morgan fingerprint density at radius 2 is 2.12 bits per heavy atom. The molecule has 0 aliphatic carbocycles. The van der Waals surface area contributed by atoms with Crippen molar-refractivity contribution < 1.29 is 19.6 Å². The van der Waals surface area contributed by atoms with Crippen molar-refractivity contribution in [3.05, 3.63) is 40.0 Å². The van der Waals surface area contributed by atoms with Gasteiger partial charge in [-0.15, -0.1) is 0 Å². The first-order chi connectivity index (χ1) is 12.1. The zero-order valence-corrected chi connectivity index (χ0v) is 15.6. The molecule has 2 unspecified atom stereocenters. The summed E-state index contributed by atoms with van der Waals surface area (Å²) in [5, 5.41) is 20.4. The Morgan fingerprint density at radius 1 is 1.42 bits per heavy atom. The van der Waals surface area contributed by atoms with Crippen LogP contribution in [0.2, 0.25) is 0 Å². The fourth-order valence-electron chi connectivity index (χ4n) is 3.41. The summed E-state index contributed by atoms with van der Waals surface area (Å²) in [7, 11) is 1.41. The Hall–Kier alpha value is -2.57. The number of methoxy groups -OCH3 is 1. The molecule has 1 heterocycles. The van der Waals surface area contributed by atoms with Crippen molar-refractivity contribution in [2.75, 3.05) is 13.7 Å². The molecule has 0 aromatic heterocycles. The quantitative estimate of drug-likeness (QED) is 0.632. The molecule has 1 N–H and O–H groups in total. The van der Waals surface area contributed by atoms with Gasteiger partial charge in [0.2, 0.25) is 0 Å². The normalized spacial score (nSPS) is 21.0. The van der Waals surface area contributed by atoms with Gasteiger partial charge in [0.25, 0.3) is 0 Å². The van der Waals surface area contributed by atoms with Crippen molar-refractivity contribution >= 4 is 17.9 Å². The number of nitro groups is 1. The third kappa shape index (κ3) is 4.53. The van der Waals surface area contributed by atoms with Crippen molar-refractivity contribution in [2.45, 2.75) is 39.7 Å². The number of nitro benzene ring substituents is 1. The van der Waals surface area contributed by atoms with Gasteiger partial charge < -0.3 is 14.7 Å². The number of piperidine rings is 1. The van der Waals surface area contributed by atoms with E-state index in [4.69, 9.17) is 4.74 Å². The highest BCUT2D eigenvalue weighted by Gasteiger charge is 2.37. The van der Waals surface area contributed by atoms with Crippen LogP contribution in [0.15, 0.2) is 24.3 Å². The van der Waals surface area contributed by atoms with Gasteiger partial charge in [0.15, 0.2) is 5.75 Å². The SMILES string of the molecule is COc1cc(C=CC2CCN(C(=O)O)C(C(C)(C)C)C2)ccc1[N+](=O)[O-]. The van der Waals surface area contributed by atoms with Crippen molar-refractivity contribution in [1.29, 1.82) is 0 Å². The Balaban J connectivity index is 2.16. The van der Waals surface area contributed by atoms with Crippen LogP contribution in [0.3, 0.4) is 0 Å². The first-order valence-corrected chi connectivity index (χ1v) is 8.63. The molecule has 1 amide bonds. The molecule has 1 aromatic rings. The molecule has 1 aromatic carbocycles. The number of rotatable bonds is 4.